The molecular formula is C17H21NO3. The van der Waals surface area contributed by atoms with E-state index < -0.39 is 5.79 Å². The normalized spacial score (nSPS) is 27.9. The molecule has 1 amide bonds. The number of ether oxygens (including phenoxy) is 2. The molecule has 21 heavy (non-hydrogen) atoms. The van der Waals surface area contributed by atoms with Gasteiger partial charge in [-0.2, -0.15) is 0 Å². The zero-order valence-electron chi connectivity index (χ0n) is 12.2. The third kappa shape index (κ3) is 2.36. The molecule has 0 aliphatic carbocycles. The Morgan fingerprint density at radius 2 is 1.86 bits per heavy atom. The largest absolute Gasteiger partial charge is 0.345 e. The summed E-state index contributed by atoms with van der Waals surface area (Å²) >= 11 is 0. The van der Waals surface area contributed by atoms with Crippen molar-refractivity contribution in [1.82, 2.24) is 4.90 Å². The number of hydrogen-bond acceptors (Lipinski definition) is 3. The molecule has 3 aliphatic rings. The summed E-state index contributed by atoms with van der Waals surface area (Å²) in [6.07, 6.45) is 4.37. The third-order valence-electron chi connectivity index (χ3n) is 5.07. The first-order chi connectivity index (χ1) is 10.3. The first-order valence-electron chi connectivity index (χ1n) is 7.90. The highest BCUT2D eigenvalue weighted by molar-refractivity contribution is 5.77. The molecule has 0 saturated carbocycles. The van der Waals surface area contributed by atoms with Crippen molar-refractivity contribution >= 4 is 5.91 Å². The Bertz CT molecular complexity index is 530. The number of carbonyl (C=O) groups is 1. The van der Waals surface area contributed by atoms with Crippen molar-refractivity contribution in [2.45, 2.75) is 57.1 Å². The standard InChI is InChI=1S/C17H21NO3/c19-16-7-3-6-15-10-17(8-9-18(15)16)20-11-13-4-1-2-5-14(13)12-21-17/h1-2,4-5,15H,3,6-12H2. The van der Waals surface area contributed by atoms with Crippen molar-refractivity contribution < 1.29 is 14.3 Å². The Morgan fingerprint density at radius 3 is 2.57 bits per heavy atom. The molecule has 3 heterocycles. The zero-order valence-corrected chi connectivity index (χ0v) is 12.2. The highest BCUT2D eigenvalue weighted by Gasteiger charge is 2.45. The molecule has 4 heteroatoms. The van der Waals surface area contributed by atoms with E-state index in [1.165, 1.54) is 11.1 Å². The summed E-state index contributed by atoms with van der Waals surface area (Å²) in [5, 5.41) is 0. The summed E-state index contributed by atoms with van der Waals surface area (Å²) in [6, 6.07) is 8.60. The van der Waals surface area contributed by atoms with Gasteiger partial charge in [-0.1, -0.05) is 24.3 Å². The molecule has 0 N–H and O–H groups in total. The van der Waals surface area contributed by atoms with Gasteiger partial charge in [0.1, 0.15) is 0 Å². The number of carbonyl (C=O) groups excluding carboxylic acids is 1. The van der Waals surface area contributed by atoms with Crippen LogP contribution in [0.25, 0.3) is 0 Å². The second-order valence-electron chi connectivity index (χ2n) is 6.34. The summed E-state index contributed by atoms with van der Waals surface area (Å²) in [5.74, 6) is -0.198. The fourth-order valence-electron chi connectivity index (χ4n) is 3.82. The minimum absolute atomic E-state index is 0.293. The lowest BCUT2D eigenvalue weighted by Gasteiger charge is -2.47. The summed E-state index contributed by atoms with van der Waals surface area (Å²) in [4.78, 5) is 14.0. The van der Waals surface area contributed by atoms with Crippen LogP contribution in [0.4, 0.5) is 0 Å². The molecule has 0 radical (unpaired) electrons. The van der Waals surface area contributed by atoms with E-state index in [1.54, 1.807) is 0 Å². The molecule has 4 nitrogen and oxygen atoms in total. The van der Waals surface area contributed by atoms with Crippen LogP contribution in [-0.2, 0) is 27.5 Å². The molecule has 1 spiro atoms. The molecule has 3 aliphatic heterocycles. The number of fused-ring (bicyclic) bond motifs is 2. The van der Waals surface area contributed by atoms with Crippen LogP contribution in [-0.4, -0.2) is 29.2 Å². The number of rotatable bonds is 0. The summed E-state index contributed by atoms with van der Waals surface area (Å²) < 4.78 is 12.4. The van der Waals surface area contributed by atoms with Gasteiger partial charge in [0.25, 0.3) is 0 Å². The maximum Gasteiger partial charge on any atom is 0.222 e. The Balaban J connectivity index is 1.53. The average Bonchev–Trinajstić information content (AvgIpc) is 2.68. The van der Waals surface area contributed by atoms with E-state index in [9.17, 15) is 4.79 Å². The zero-order chi connectivity index (χ0) is 14.3. The van der Waals surface area contributed by atoms with E-state index in [-0.39, 0.29) is 0 Å². The molecule has 1 atom stereocenters. The Kier molecular flexibility index (Phi) is 3.23. The molecule has 0 aromatic heterocycles. The van der Waals surface area contributed by atoms with E-state index in [0.29, 0.717) is 31.6 Å². The highest BCUT2D eigenvalue weighted by atomic mass is 16.7. The number of benzene rings is 1. The van der Waals surface area contributed by atoms with Crippen molar-refractivity contribution in [2.75, 3.05) is 6.54 Å². The fraction of sp³-hybridized carbons (Fsp3) is 0.588. The lowest BCUT2D eigenvalue weighted by molar-refractivity contribution is -0.271. The maximum absolute atomic E-state index is 12.0. The number of amides is 1. The summed E-state index contributed by atoms with van der Waals surface area (Å²) in [7, 11) is 0. The first-order valence-corrected chi connectivity index (χ1v) is 7.90. The minimum Gasteiger partial charge on any atom is -0.345 e. The van der Waals surface area contributed by atoms with Gasteiger partial charge in [-0.3, -0.25) is 4.79 Å². The van der Waals surface area contributed by atoms with Crippen LogP contribution < -0.4 is 0 Å². The lowest BCUT2D eigenvalue weighted by Crippen LogP contribution is -2.55. The molecule has 0 bridgehead atoms. The van der Waals surface area contributed by atoms with Gasteiger partial charge in [-0.05, 0) is 24.0 Å². The van der Waals surface area contributed by atoms with Gasteiger partial charge < -0.3 is 14.4 Å². The second kappa shape index (κ2) is 5.11. The topological polar surface area (TPSA) is 38.8 Å². The highest BCUT2D eigenvalue weighted by Crippen LogP contribution is 2.38. The molecule has 112 valence electrons. The lowest BCUT2D eigenvalue weighted by atomic mass is 9.89. The SMILES string of the molecule is O=C1CCCC2CC3(CCN12)OCc1ccccc1CO3. The van der Waals surface area contributed by atoms with Crippen LogP contribution in [0.2, 0.25) is 0 Å². The van der Waals surface area contributed by atoms with E-state index in [4.69, 9.17) is 9.47 Å². The van der Waals surface area contributed by atoms with Crippen LogP contribution in [0.5, 0.6) is 0 Å². The monoisotopic (exact) mass is 287 g/mol. The number of piperidine rings is 2. The molecule has 2 fully saturated rings. The minimum atomic E-state index is -0.502. The molecule has 1 aromatic carbocycles. The van der Waals surface area contributed by atoms with Crippen molar-refractivity contribution in [3.63, 3.8) is 0 Å². The maximum atomic E-state index is 12.0. The predicted octanol–water partition coefficient (Wildman–Crippen LogP) is 2.60. The Labute approximate surface area is 125 Å². The Hall–Kier alpha value is -1.39. The van der Waals surface area contributed by atoms with Gasteiger partial charge in [-0.15, -0.1) is 0 Å². The van der Waals surface area contributed by atoms with E-state index in [1.807, 2.05) is 17.0 Å². The molecule has 1 aromatic rings. The van der Waals surface area contributed by atoms with Gasteiger partial charge in [-0.25, -0.2) is 0 Å². The van der Waals surface area contributed by atoms with Gasteiger partial charge >= 0.3 is 0 Å². The van der Waals surface area contributed by atoms with Gasteiger partial charge in [0, 0.05) is 31.8 Å². The first kappa shape index (κ1) is 13.3. The van der Waals surface area contributed by atoms with Crippen LogP contribution in [0.1, 0.15) is 43.2 Å². The summed E-state index contributed by atoms with van der Waals surface area (Å²) in [6.45, 7) is 1.98. The van der Waals surface area contributed by atoms with Crippen LogP contribution in [0, 0.1) is 0 Å². The third-order valence-corrected chi connectivity index (χ3v) is 5.07. The smallest absolute Gasteiger partial charge is 0.222 e. The van der Waals surface area contributed by atoms with Gasteiger partial charge in [0.15, 0.2) is 5.79 Å². The number of hydrogen-bond donors (Lipinski definition) is 0. The van der Waals surface area contributed by atoms with Crippen LogP contribution >= 0.6 is 0 Å². The molecule has 4 rings (SSSR count). The van der Waals surface area contributed by atoms with E-state index in [2.05, 4.69) is 12.1 Å². The van der Waals surface area contributed by atoms with Crippen molar-refractivity contribution in [1.29, 1.82) is 0 Å². The van der Waals surface area contributed by atoms with Gasteiger partial charge in [0.05, 0.1) is 13.2 Å². The fourth-order valence-corrected chi connectivity index (χ4v) is 3.82. The quantitative estimate of drug-likeness (QED) is 0.736. The molecular weight excluding hydrogens is 266 g/mol. The molecule has 2 saturated heterocycles. The second-order valence-corrected chi connectivity index (χ2v) is 6.34. The average molecular weight is 287 g/mol. The predicted molar refractivity (Wildman–Crippen MR) is 77.3 cm³/mol. The summed E-state index contributed by atoms with van der Waals surface area (Å²) in [5.41, 5.74) is 2.44. The van der Waals surface area contributed by atoms with E-state index >= 15 is 0 Å². The van der Waals surface area contributed by atoms with Crippen molar-refractivity contribution in [3.8, 4) is 0 Å². The molecule has 1 unspecified atom stereocenters. The van der Waals surface area contributed by atoms with Crippen LogP contribution in [0.15, 0.2) is 24.3 Å². The Morgan fingerprint density at radius 1 is 1.14 bits per heavy atom. The number of nitrogens with zero attached hydrogens (tertiary/aromatic N) is 1. The van der Waals surface area contributed by atoms with E-state index in [0.717, 1.165) is 32.2 Å². The van der Waals surface area contributed by atoms with Gasteiger partial charge in [0.2, 0.25) is 5.91 Å². The van der Waals surface area contributed by atoms with Crippen molar-refractivity contribution in [2.24, 2.45) is 0 Å². The van der Waals surface area contributed by atoms with Crippen LogP contribution in [0.3, 0.4) is 0 Å². The van der Waals surface area contributed by atoms with Crippen molar-refractivity contribution in [3.05, 3.63) is 35.4 Å².